The van der Waals surface area contributed by atoms with Gasteiger partial charge in [-0.05, 0) is 54.4 Å². The largest absolute Gasteiger partial charge is 0.456 e. The fourth-order valence-corrected chi connectivity index (χ4v) is 3.80. The number of carbonyl (C=O) groups is 1. The monoisotopic (exact) mass is 512 g/mol. The molecule has 0 saturated heterocycles. The van der Waals surface area contributed by atoms with E-state index in [1.165, 1.54) is 24.4 Å². The molecule has 38 heavy (non-hydrogen) atoms. The second-order valence-electron chi connectivity index (χ2n) is 8.87. The number of urea groups is 1. The molecule has 0 fully saturated rings. The van der Waals surface area contributed by atoms with Crippen molar-refractivity contribution in [1.29, 1.82) is 0 Å². The Hall–Kier alpha value is -4.83. The van der Waals surface area contributed by atoms with Crippen LogP contribution in [0.5, 0.6) is 11.5 Å². The number of hydrogen-bond donors (Lipinski definition) is 3. The van der Waals surface area contributed by atoms with Gasteiger partial charge in [-0.3, -0.25) is 15.3 Å². The fourth-order valence-electron chi connectivity index (χ4n) is 3.80. The van der Waals surface area contributed by atoms with Gasteiger partial charge in [0, 0.05) is 23.7 Å². The summed E-state index contributed by atoms with van der Waals surface area (Å²) in [6.45, 7) is 3.83. The van der Waals surface area contributed by atoms with Gasteiger partial charge in [0.2, 0.25) is 0 Å². The van der Waals surface area contributed by atoms with E-state index < -0.39 is 11.8 Å². The molecular formula is C28H25FN6O3. The predicted molar refractivity (Wildman–Crippen MR) is 142 cm³/mol. The molecule has 5 aromatic rings. The molecule has 0 unspecified atom stereocenters. The van der Waals surface area contributed by atoms with E-state index in [-0.39, 0.29) is 18.2 Å². The topological polar surface area (TPSA) is 114 Å². The number of fused-ring (bicyclic) bond motifs is 1. The first-order chi connectivity index (χ1) is 18.4. The van der Waals surface area contributed by atoms with Crippen LogP contribution in [-0.2, 0) is 6.61 Å². The zero-order valence-corrected chi connectivity index (χ0v) is 20.7. The number of carbonyl (C=O) groups excluding carboxylic acids is 1. The van der Waals surface area contributed by atoms with Gasteiger partial charge in [0.25, 0.3) is 0 Å². The van der Waals surface area contributed by atoms with Crippen LogP contribution in [-0.4, -0.2) is 30.9 Å². The van der Waals surface area contributed by atoms with Gasteiger partial charge in [-0.2, -0.15) is 5.10 Å². The van der Waals surface area contributed by atoms with Gasteiger partial charge in [-0.25, -0.2) is 13.9 Å². The van der Waals surface area contributed by atoms with Crippen LogP contribution >= 0.6 is 0 Å². The Labute approximate surface area is 217 Å². The lowest BCUT2D eigenvalue weighted by Crippen LogP contribution is -2.22. The number of ether oxygens (including phenoxy) is 1. The van der Waals surface area contributed by atoms with Crippen molar-refractivity contribution in [3.05, 3.63) is 96.3 Å². The van der Waals surface area contributed by atoms with E-state index in [1.54, 1.807) is 29.1 Å². The molecule has 2 amide bonds. The average Bonchev–Trinajstić information content (AvgIpc) is 3.34. The van der Waals surface area contributed by atoms with Crippen molar-refractivity contribution in [3.63, 3.8) is 0 Å². The third-order valence-electron chi connectivity index (χ3n) is 5.77. The summed E-state index contributed by atoms with van der Waals surface area (Å²) in [5.41, 5.74) is 2.81. The van der Waals surface area contributed by atoms with Gasteiger partial charge < -0.3 is 15.2 Å². The lowest BCUT2D eigenvalue weighted by atomic mass is 10.1. The number of rotatable bonds is 7. The van der Waals surface area contributed by atoms with Crippen molar-refractivity contribution < 1.29 is 19.0 Å². The Bertz CT molecular complexity index is 1600. The summed E-state index contributed by atoms with van der Waals surface area (Å²) >= 11 is 0. The third-order valence-corrected chi connectivity index (χ3v) is 5.77. The van der Waals surface area contributed by atoms with E-state index in [0.717, 1.165) is 22.3 Å². The number of nitrogens with one attached hydrogen (secondary N) is 2. The maximum Gasteiger partial charge on any atom is 0.324 e. The Morgan fingerprint density at radius 2 is 1.87 bits per heavy atom. The molecule has 9 nitrogen and oxygen atoms in total. The second-order valence-corrected chi connectivity index (χ2v) is 8.87. The number of aliphatic hydroxyl groups is 1. The summed E-state index contributed by atoms with van der Waals surface area (Å²) in [5.74, 6) is 0.628. The van der Waals surface area contributed by atoms with Gasteiger partial charge >= 0.3 is 6.03 Å². The van der Waals surface area contributed by atoms with Crippen LogP contribution < -0.4 is 15.4 Å². The number of aliphatic hydroxyl groups excluding tert-OH is 1. The molecule has 0 aliphatic carbocycles. The summed E-state index contributed by atoms with van der Waals surface area (Å²) in [7, 11) is 0. The molecule has 0 aliphatic heterocycles. The number of amides is 2. The number of anilines is 2. The van der Waals surface area contributed by atoms with E-state index in [9.17, 15) is 9.18 Å². The Balaban J connectivity index is 1.37. The zero-order valence-electron chi connectivity index (χ0n) is 20.7. The number of aromatic nitrogens is 4. The molecule has 10 heteroatoms. The van der Waals surface area contributed by atoms with Gasteiger partial charge in [-0.1, -0.05) is 19.9 Å². The van der Waals surface area contributed by atoms with E-state index in [1.807, 2.05) is 44.2 Å². The lowest BCUT2D eigenvalue weighted by molar-refractivity contribution is 0.262. The SMILES string of the molecule is CC(C)c1cc(NC(=O)Nc2cc(Oc3ccc(CO)nc3)ccc2F)n(-c2ccc3ncccc3c2)n1. The smallest absolute Gasteiger partial charge is 0.324 e. The molecule has 0 spiro atoms. The molecule has 0 saturated carbocycles. The highest BCUT2D eigenvalue weighted by molar-refractivity contribution is 5.99. The number of hydrogen-bond acceptors (Lipinski definition) is 6. The number of benzene rings is 2. The maximum atomic E-state index is 14.5. The van der Waals surface area contributed by atoms with Crippen molar-refractivity contribution in [2.24, 2.45) is 0 Å². The highest BCUT2D eigenvalue weighted by Gasteiger charge is 2.16. The van der Waals surface area contributed by atoms with Crippen molar-refractivity contribution >= 4 is 28.4 Å². The van der Waals surface area contributed by atoms with Crippen molar-refractivity contribution in [3.8, 4) is 17.2 Å². The fraction of sp³-hybridized carbons (Fsp3) is 0.143. The number of pyridine rings is 2. The van der Waals surface area contributed by atoms with Crippen molar-refractivity contribution in [2.75, 3.05) is 10.6 Å². The van der Waals surface area contributed by atoms with Crippen LogP contribution in [0, 0.1) is 5.82 Å². The molecule has 0 radical (unpaired) electrons. The van der Waals surface area contributed by atoms with Crippen LogP contribution in [0.3, 0.4) is 0 Å². The molecule has 0 bridgehead atoms. The summed E-state index contributed by atoms with van der Waals surface area (Å²) < 4.78 is 21.9. The number of nitrogens with zero attached hydrogens (tertiary/aromatic N) is 4. The second kappa shape index (κ2) is 10.7. The summed E-state index contributed by atoms with van der Waals surface area (Å²) in [6.07, 6.45) is 3.18. The minimum atomic E-state index is -0.645. The molecule has 3 aromatic heterocycles. The molecule has 192 valence electrons. The quantitative estimate of drug-likeness (QED) is 0.246. The third kappa shape index (κ3) is 5.45. The maximum absolute atomic E-state index is 14.5. The van der Waals surface area contributed by atoms with E-state index in [2.05, 4.69) is 25.7 Å². The molecular weight excluding hydrogens is 487 g/mol. The first-order valence-corrected chi connectivity index (χ1v) is 12.0. The van der Waals surface area contributed by atoms with Gasteiger partial charge in [0.1, 0.15) is 23.1 Å². The number of halogens is 1. The van der Waals surface area contributed by atoms with Crippen molar-refractivity contribution in [1.82, 2.24) is 19.7 Å². The molecule has 5 rings (SSSR count). The highest BCUT2D eigenvalue weighted by atomic mass is 19.1. The summed E-state index contributed by atoms with van der Waals surface area (Å²) in [5, 5.41) is 20.1. The van der Waals surface area contributed by atoms with E-state index >= 15 is 0 Å². The summed E-state index contributed by atoms with van der Waals surface area (Å²) in [4.78, 5) is 21.3. The standard InChI is InChI=1S/C28H25FN6O3/c1-17(2)25-14-27(35(34-25)20-6-10-24-18(12-20)4-3-11-30-24)33-28(37)32-26-13-21(8-9-23(26)29)38-22-7-5-19(16-36)31-15-22/h3-15,17,36H,16H2,1-2H3,(H2,32,33,37). The van der Waals surface area contributed by atoms with Crippen LogP contribution in [0.2, 0.25) is 0 Å². The van der Waals surface area contributed by atoms with E-state index in [4.69, 9.17) is 9.84 Å². The zero-order chi connectivity index (χ0) is 26.6. The summed E-state index contributed by atoms with van der Waals surface area (Å²) in [6, 6.07) is 17.9. The van der Waals surface area contributed by atoms with Crippen LogP contribution in [0.15, 0.2) is 79.1 Å². The Kier molecular flexibility index (Phi) is 6.96. The highest BCUT2D eigenvalue weighted by Crippen LogP contribution is 2.27. The minimum Gasteiger partial charge on any atom is -0.456 e. The molecule has 0 atom stereocenters. The van der Waals surface area contributed by atoms with E-state index in [0.29, 0.717) is 23.0 Å². The molecule has 3 N–H and O–H groups in total. The average molecular weight is 513 g/mol. The minimum absolute atomic E-state index is 0.0631. The molecule has 0 aliphatic rings. The van der Waals surface area contributed by atoms with Crippen molar-refractivity contribution in [2.45, 2.75) is 26.4 Å². The lowest BCUT2D eigenvalue weighted by Gasteiger charge is -2.12. The predicted octanol–water partition coefficient (Wildman–Crippen LogP) is 6.01. The first kappa shape index (κ1) is 24.8. The van der Waals surface area contributed by atoms with Crippen LogP contribution in [0.1, 0.15) is 31.2 Å². The van der Waals surface area contributed by atoms with Gasteiger partial charge in [0.05, 0.1) is 41.1 Å². The Morgan fingerprint density at radius 1 is 1.03 bits per heavy atom. The normalized spacial score (nSPS) is 11.1. The molecule has 3 heterocycles. The Morgan fingerprint density at radius 3 is 2.63 bits per heavy atom. The van der Waals surface area contributed by atoms with Crippen LogP contribution in [0.25, 0.3) is 16.6 Å². The van der Waals surface area contributed by atoms with Gasteiger partial charge in [-0.15, -0.1) is 0 Å². The first-order valence-electron chi connectivity index (χ1n) is 12.0. The van der Waals surface area contributed by atoms with Gasteiger partial charge in [0.15, 0.2) is 0 Å². The van der Waals surface area contributed by atoms with Crippen LogP contribution in [0.4, 0.5) is 20.7 Å². The molecule has 2 aromatic carbocycles.